The number of rotatable bonds is 4. The number of esters is 1. The zero-order valence-corrected chi connectivity index (χ0v) is 13.9. The molecule has 0 atom stereocenters. The summed E-state index contributed by atoms with van der Waals surface area (Å²) in [5, 5.41) is 5.89. The van der Waals surface area contributed by atoms with Crippen molar-refractivity contribution >= 4 is 28.9 Å². The van der Waals surface area contributed by atoms with Crippen LogP contribution in [0.2, 0.25) is 5.15 Å². The van der Waals surface area contributed by atoms with E-state index in [1.165, 1.54) is 11.3 Å². The number of hydrogen-bond acceptors (Lipinski definition) is 7. The minimum absolute atomic E-state index is 0.123. The Bertz CT molecular complexity index is 823. The quantitative estimate of drug-likeness (QED) is 0.526. The van der Waals surface area contributed by atoms with Crippen LogP contribution in [-0.2, 0) is 11.3 Å². The molecule has 6 nitrogen and oxygen atoms in total. The Morgan fingerprint density at radius 1 is 1.39 bits per heavy atom. The van der Waals surface area contributed by atoms with E-state index >= 15 is 0 Å². The Hall–Kier alpha value is -2.25. The maximum absolute atomic E-state index is 12.2. The number of ether oxygens (including phenoxy) is 1. The topological polar surface area (TPSA) is 78.1 Å². The van der Waals surface area contributed by atoms with Gasteiger partial charge < -0.3 is 9.26 Å². The van der Waals surface area contributed by atoms with Crippen LogP contribution in [0.3, 0.4) is 0 Å². The summed E-state index contributed by atoms with van der Waals surface area (Å²) >= 11 is 7.52. The Kier molecular flexibility index (Phi) is 4.40. The first-order valence-corrected chi connectivity index (χ1v) is 7.97. The molecule has 0 radical (unpaired) electrons. The number of pyridine rings is 1. The fourth-order valence-electron chi connectivity index (χ4n) is 2.06. The number of carbonyl (C=O) groups is 1. The lowest BCUT2D eigenvalue weighted by Gasteiger charge is -2.07. The second-order valence-corrected chi connectivity index (χ2v) is 6.12. The lowest BCUT2D eigenvalue weighted by molar-refractivity contribution is 0.0428. The van der Waals surface area contributed by atoms with Crippen LogP contribution in [0.4, 0.5) is 0 Å². The molecule has 8 heteroatoms. The summed E-state index contributed by atoms with van der Waals surface area (Å²) in [6.07, 6.45) is 0. The molecule has 118 valence electrons. The monoisotopic (exact) mass is 349 g/mol. The van der Waals surface area contributed by atoms with Crippen molar-refractivity contribution in [2.75, 3.05) is 0 Å². The highest BCUT2D eigenvalue weighted by molar-refractivity contribution is 7.13. The summed E-state index contributed by atoms with van der Waals surface area (Å²) in [6.45, 7) is 3.46. The molecule has 23 heavy (non-hydrogen) atoms. The first-order chi connectivity index (χ1) is 11.0. The third kappa shape index (κ3) is 3.40. The van der Waals surface area contributed by atoms with E-state index in [1.54, 1.807) is 19.9 Å². The van der Waals surface area contributed by atoms with Crippen LogP contribution in [0.15, 0.2) is 28.1 Å². The second-order valence-electron chi connectivity index (χ2n) is 4.81. The van der Waals surface area contributed by atoms with Crippen LogP contribution < -0.4 is 0 Å². The summed E-state index contributed by atoms with van der Waals surface area (Å²) in [4.78, 5) is 21.3. The molecule has 0 aliphatic heterocycles. The van der Waals surface area contributed by atoms with E-state index in [4.69, 9.17) is 20.9 Å². The van der Waals surface area contributed by atoms with Crippen molar-refractivity contribution in [3.63, 3.8) is 0 Å². The van der Waals surface area contributed by atoms with Gasteiger partial charge in [0.25, 0.3) is 5.89 Å². The zero-order valence-electron chi connectivity index (χ0n) is 12.4. The normalized spacial score (nSPS) is 10.7. The van der Waals surface area contributed by atoms with Gasteiger partial charge in [0, 0.05) is 5.69 Å². The Labute approximate surface area is 141 Å². The smallest absolute Gasteiger partial charge is 0.342 e. The average Bonchev–Trinajstić information content (AvgIpc) is 3.15. The number of aryl methyl sites for hydroxylation is 2. The van der Waals surface area contributed by atoms with Crippen molar-refractivity contribution in [1.29, 1.82) is 0 Å². The van der Waals surface area contributed by atoms with E-state index in [1.807, 2.05) is 17.5 Å². The molecule has 0 aromatic carbocycles. The highest BCUT2D eigenvalue weighted by Gasteiger charge is 2.18. The van der Waals surface area contributed by atoms with E-state index in [0.29, 0.717) is 11.4 Å². The van der Waals surface area contributed by atoms with Crippen LogP contribution in [0.5, 0.6) is 0 Å². The Morgan fingerprint density at radius 3 is 2.91 bits per heavy atom. The molecule has 0 fully saturated rings. The van der Waals surface area contributed by atoms with Crippen LogP contribution in [0, 0.1) is 13.8 Å². The molecule has 3 aromatic rings. The number of thiophene rings is 1. The van der Waals surface area contributed by atoms with E-state index in [9.17, 15) is 4.79 Å². The van der Waals surface area contributed by atoms with Gasteiger partial charge in [-0.25, -0.2) is 9.78 Å². The first-order valence-electron chi connectivity index (χ1n) is 6.72. The van der Waals surface area contributed by atoms with Crippen molar-refractivity contribution in [3.05, 3.63) is 51.4 Å². The molecule has 0 spiro atoms. The van der Waals surface area contributed by atoms with Gasteiger partial charge in [0.15, 0.2) is 6.61 Å². The second kappa shape index (κ2) is 6.47. The molecule has 3 heterocycles. The lowest BCUT2D eigenvalue weighted by Crippen LogP contribution is -2.09. The fourth-order valence-corrected chi connectivity index (χ4v) is 3.06. The van der Waals surface area contributed by atoms with Gasteiger partial charge in [0.1, 0.15) is 5.15 Å². The summed E-state index contributed by atoms with van der Waals surface area (Å²) in [6, 6.07) is 5.54. The van der Waals surface area contributed by atoms with E-state index in [2.05, 4.69) is 15.1 Å². The molecule has 0 N–H and O–H groups in total. The van der Waals surface area contributed by atoms with Gasteiger partial charge in [-0.2, -0.15) is 4.98 Å². The van der Waals surface area contributed by atoms with Gasteiger partial charge in [0.2, 0.25) is 5.82 Å². The van der Waals surface area contributed by atoms with Gasteiger partial charge in [-0.3, -0.25) is 0 Å². The summed E-state index contributed by atoms with van der Waals surface area (Å²) in [7, 11) is 0. The maximum atomic E-state index is 12.2. The predicted octanol–water partition coefficient (Wildman–Crippen LogP) is 3.82. The zero-order chi connectivity index (χ0) is 16.4. The molecule has 0 unspecified atom stereocenters. The van der Waals surface area contributed by atoms with Crippen LogP contribution in [0.25, 0.3) is 10.7 Å². The van der Waals surface area contributed by atoms with E-state index < -0.39 is 5.97 Å². The van der Waals surface area contributed by atoms with Crippen LogP contribution >= 0.6 is 22.9 Å². The molecule has 3 aromatic heterocycles. The van der Waals surface area contributed by atoms with Crippen molar-refractivity contribution in [1.82, 2.24) is 15.1 Å². The van der Waals surface area contributed by atoms with Gasteiger partial charge in [-0.05, 0) is 36.9 Å². The van der Waals surface area contributed by atoms with Crippen molar-refractivity contribution in [3.8, 4) is 10.7 Å². The van der Waals surface area contributed by atoms with Crippen LogP contribution in [-0.4, -0.2) is 21.1 Å². The molecular formula is C15H12ClN3O3S. The highest BCUT2D eigenvalue weighted by Crippen LogP contribution is 2.22. The fraction of sp³-hybridized carbons (Fsp3) is 0.200. The van der Waals surface area contributed by atoms with E-state index in [0.717, 1.165) is 10.6 Å². The molecule has 0 saturated carbocycles. The molecular weight excluding hydrogens is 338 g/mol. The standard InChI is InChI=1S/C15H12ClN3O3S/c1-8-6-9(2)17-13(16)12(8)15(20)21-7-11-18-14(19-22-11)10-4-3-5-23-10/h3-6H,7H2,1-2H3. The summed E-state index contributed by atoms with van der Waals surface area (Å²) < 4.78 is 10.3. The van der Waals surface area contributed by atoms with Crippen LogP contribution in [0.1, 0.15) is 27.5 Å². The molecule has 0 bridgehead atoms. The Balaban J connectivity index is 1.70. The van der Waals surface area contributed by atoms with Crippen molar-refractivity contribution in [2.45, 2.75) is 20.5 Å². The van der Waals surface area contributed by atoms with Gasteiger partial charge in [-0.1, -0.05) is 22.8 Å². The first kappa shape index (κ1) is 15.6. The summed E-state index contributed by atoms with van der Waals surface area (Å²) in [5.74, 6) is 0.115. The maximum Gasteiger partial charge on any atom is 0.342 e. The third-order valence-electron chi connectivity index (χ3n) is 3.04. The summed E-state index contributed by atoms with van der Waals surface area (Å²) in [5.41, 5.74) is 1.69. The number of carbonyl (C=O) groups excluding carboxylic acids is 1. The third-order valence-corrected chi connectivity index (χ3v) is 4.18. The Morgan fingerprint density at radius 2 is 2.22 bits per heavy atom. The average molecular weight is 350 g/mol. The minimum atomic E-state index is -0.573. The van der Waals surface area contributed by atoms with Gasteiger partial charge in [-0.15, -0.1) is 11.3 Å². The molecule has 0 saturated heterocycles. The SMILES string of the molecule is Cc1cc(C)c(C(=O)OCc2nc(-c3cccs3)no2)c(Cl)n1. The number of hydrogen-bond donors (Lipinski definition) is 0. The van der Waals surface area contributed by atoms with Gasteiger partial charge in [0.05, 0.1) is 10.4 Å². The molecule has 0 aliphatic rings. The minimum Gasteiger partial charge on any atom is -0.452 e. The van der Waals surface area contributed by atoms with Crippen molar-refractivity contribution < 1.29 is 14.1 Å². The molecule has 0 aliphatic carbocycles. The van der Waals surface area contributed by atoms with E-state index in [-0.39, 0.29) is 23.2 Å². The highest BCUT2D eigenvalue weighted by atomic mass is 35.5. The number of aromatic nitrogens is 3. The van der Waals surface area contributed by atoms with Gasteiger partial charge >= 0.3 is 5.97 Å². The number of halogens is 1. The number of nitrogens with zero attached hydrogens (tertiary/aromatic N) is 3. The van der Waals surface area contributed by atoms with Crippen molar-refractivity contribution in [2.24, 2.45) is 0 Å². The molecule has 0 amide bonds. The largest absolute Gasteiger partial charge is 0.452 e. The predicted molar refractivity (Wildman–Crippen MR) is 85.5 cm³/mol. The molecule has 3 rings (SSSR count). The lowest BCUT2D eigenvalue weighted by atomic mass is 10.1.